The van der Waals surface area contributed by atoms with Gasteiger partial charge >= 0.3 is 5.63 Å². The highest BCUT2D eigenvalue weighted by atomic mass is 16.4. The summed E-state index contributed by atoms with van der Waals surface area (Å²) >= 11 is 0. The molecule has 0 spiro atoms. The molecule has 3 aromatic rings. The van der Waals surface area contributed by atoms with Crippen molar-refractivity contribution in [1.29, 1.82) is 0 Å². The van der Waals surface area contributed by atoms with Crippen LogP contribution in [0.25, 0.3) is 11.0 Å². The van der Waals surface area contributed by atoms with Crippen molar-refractivity contribution in [3.8, 4) is 5.75 Å². The van der Waals surface area contributed by atoms with E-state index in [9.17, 15) is 9.90 Å². The van der Waals surface area contributed by atoms with E-state index in [1.54, 1.807) is 19.1 Å². The molecule has 2 aromatic carbocycles. The second kappa shape index (κ2) is 6.89. The number of hydrogen-bond acceptors (Lipinski definition) is 3. The number of quaternary nitrogens is 1. The second-order valence-corrected chi connectivity index (χ2v) is 6.22. The molecular formula is C20H22NO3+. The van der Waals surface area contributed by atoms with Crippen molar-refractivity contribution in [2.24, 2.45) is 0 Å². The van der Waals surface area contributed by atoms with Gasteiger partial charge in [-0.3, -0.25) is 0 Å². The summed E-state index contributed by atoms with van der Waals surface area (Å²) in [4.78, 5) is 11.8. The number of hydrogen-bond donors (Lipinski definition) is 2. The van der Waals surface area contributed by atoms with E-state index in [0.717, 1.165) is 17.5 Å². The molecule has 0 saturated carbocycles. The van der Waals surface area contributed by atoms with Crippen LogP contribution in [0.1, 0.15) is 29.5 Å². The molecule has 1 heterocycles. The van der Waals surface area contributed by atoms with Crippen molar-refractivity contribution in [3.63, 3.8) is 0 Å². The van der Waals surface area contributed by atoms with E-state index in [0.29, 0.717) is 23.6 Å². The Bertz CT molecular complexity index is 900. The maximum absolute atomic E-state index is 11.8. The minimum Gasteiger partial charge on any atom is -0.508 e. The molecule has 24 heavy (non-hydrogen) atoms. The fourth-order valence-corrected chi connectivity index (χ4v) is 2.99. The average molecular weight is 324 g/mol. The van der Waals surface area contributed by atoms with Gasteiger partial charge in [-0.15, -0.1) is 0 Å². The van der Waals surface area contributed by atoms with E-state index >= 15 is 0 Å². The third-order valence-corrected chi connectivity index (χ3v) is 4.47. The van der Waals surface area contributed by atoms with Crippen LogP contribution in [0.5, 0.6) is 5.75 Å². The van der Waals surface area contributed by atoms with Crippen molar-refractivity contribution >= 4 is 11.0 Å². The molecule has 0 amide bonds. The van der Waals surface area contributed by atoms with Crippen molar-refractivity contribution in [3.05, 3.63) is 75.6 Å². The van der Waals surface area contributed by atoms with Crippen LogP contribution < -0.4 is 10.9 Å². The first-order valence-electron chi connectivity index (χ1n) is 8.18. The van der Waals surface area contributed by atoms with Gasteiger partial charge in [-0.25, -0.2) is 4.79 Å². The third kappa shape index (κ3) is 3.34. The van der Waals surface area contributed by atoms with Crippen molar-refractivity contribution in [2.75, 3.05) is 6.54 Å². The van der Waals surface area contributed by atoms with E-state index < -0.39 is 0 Å². The van der Waals surface area contributed by atoms with E-state index in [4.69, 9.17) is 4.42 Å². The predicted molar refractivity (Wildman–Crippen MR) is 94.2 cm³/mol. The van der Waals surface area contributed by atoms with Crippen molar-refractivity contribution in [1.82, 2.24) is 0 Å². The van der Waals surface area contributed by atoms with Crippen LogP contribution >= 0.6 is 0 Å². The van der Waals surface area contributed by atoms with Gasteiger partial charge in [0.2, 0.25) is 0 Å². The smallest absolute Gasteiger partial charge is 0.336 e. The molecule has 4 nitrogen and oxygen atoms in total. The quantitative estimate of drug-likeness (QED) is 0.709. The van der Waals surface area contributed by atoms with Gasteiger partial charge in [-0.2, -0.15) is 0 Å². The highest BCUT2D eigenvalue weighted by Crippen LogP contribution is 2.27. The van der Waals surface area contributed by atoms with Gasteiger partial charge in [-0.05, 0) is 24.6 Å². The number of aromatic hydroxyl groups is 1. The topological polar surface area (TPSA) is 67.1 Å². The van der Waals surface area contributed by atoms with Crippen LogP contribution in [0.4, 0.5) is 0 Å². The summed E-state index contributed by atoms with van der Waals surface area (Å²) in [7, 11) is 0. The van der Waals surface area contributed by atoms with Crippen molar-refractivity contribution < 1.29 is 14.8 Å². The second-order valence-electron chi connectivity index (χ2n) is 6.22. The lowest BCUT2D eigenvalue weighted by Gasteiger charge is -2.11. The monoisotopic (exact) mass is 324 g/mol. The Morgan fingerprint density at radius 3 is 2.67 bits per heavy atom. The molecule has 124 valence electrons. The Morgan fingerprint density at radius 1 is 1.17 bits per heavy atom. The summed E-state index contributed by atoms with van der Waals surface area (Å²) < 4.78 is 5.28. The molecule has 1 atom stereocenters. The normalized spacial score (nSPS) is 12.4. The maximum Gasteiger partial charge on any atom is 0.336 e. The highest BCUT2D eigenvalue weighted by molar-refractivity contribution is 5.84. The third-order valence-electron chi connectivity index (χ3n) is 4.47. The summed E-state index contributed by atoms with van der Waals surface area (Å²) in [6.07, 6.45) is 0. The lowest BCUT2D eigenvalue weighted by molar-refractivity contribution is -0.672. The number of phenols is 1. The SMILES string of the molecule is Cc1c(O)ccc2c(C[NH2+]C[C@H](C)c3ccccc3)cc(=O)oc12. The fraction of sp³-hybridized carbons (Fsp3) is 0.250. The standard InChI is InChI=1S/C20H21NO3/c1-13(15-6-4-3-5-7-15)11-21-12-16-10-19(23)24-20-14(2)18(22)9-8-17(16)20/h3-10,13,21-22H,11-12H2,1-2H3/p+1/t13-/m0/s1. The zero-order chi connectivity index (χ0) is 17.1. The van der Waals surface area contributed by atoms with Crippen LogP contribution in [0, 0.1) is 6.92 Å². The first-order chi connectivity index (χ1) is 11.6. The zero-order valence-electron chi connectivity index (χ0n) is 14.0. The van der Waals surface area contributed by atoms with Gasteiger partial charge in [0.15, 0.2) is 0 Å². The van der Waals surface area contributed by atoms with Crippen LogP contribution in [0.15, 0.2) is 57.7 Å². The first-order valence-corrected chi connectivity index (χ1v) is 8.18. The highest BCUT2D eigenvalue weighted by Gasteiger charge is 2.13. The summed E-state index contributed by atoms with van der Waals surface area (Å²) in [5.41, 5.74) is 2.94. The average Bonchev–Trinajstić information content (AvgIpc) is 2.59. The minimum atomic E-state index is -0.379. The van der Waals surface area contributed by atoms with Crippen LogP contribution in [0.3, 0.4) is 0 Å². The lowest BCUT2D eigenvalue weighted by Crippen LogP contribution is -2.83. The zero-order valence-corrected chi connectivity index (χ0v) is 14.0. The summed E-state index contributed by atoms with van der Waals surface area (Å²) in [5, 5.41) is 12.9. The van der Waals surface area contributed by atoms with E-state index in [1.807, 2.05) is 12.1 Å². The maximum atomic E-state index is 11.8. The molecule has 0 fully saturated rings. The Labute approximate surface area is 140 Å². The van der Waals surface area contributed by atoms with Gasteiger partial charge in [0.05, 0.1) is 6.54 Å². The number of aryl methyl sites for hydroxylation is 1. The number of fused-ring (bicyclic) bond motifs is 1. The van der Waals surface area contributed by atoms with Crippen LogP contribution in [0.2, 0.25) is 0 Å². The molecule has 3 rings (SSSR count). The van der Waals surface area contributed by atoms with E-state index in [1.165, 1.54) is 5.56 Å². The molecule has 0 saturated heterocycles. The van der Waals surface area contributed by atoms with E-state index in [2.05, 4.69) is 36.5 Å². The first kappa shape index (κ1) is 16.3. The number of benzene rings is 2. The molecular weight excluding hydrogens is 302 g/mol. The predicted octanol–water partition coefficient (Wildman–Crippen LogP) is 2.67. The Hall–Kier alpha value is -2.59. The molecule has 0 aliphatic heterocycles. The van der Waals surface area contributed by atoms with Gasteiger partial charge in [0, 0.05) is 28.5 Å². The molecule has 0 bridgehead atoms. The summed E-state index contributed by atoms with van der Waals surface area (Å²) in [6.45, 7) is 5.59. The van der Waals surface area contributed by atoms with Gasteiger partial charge in [0.1, 0.15) is 17.9 Å². The van der Waals surface area contributed by atoms with Gasteiger partial charge in [-0.1, -0.05) is 37.3 Å². The molecule has 1 aromatic heterocycles. The van der Waals surface area contributed by atoms with E-state index in [-0.39, 0.29) is 11.4 Å². The molecule has 0 radical (unpaired) electrons. The largest absolute Gasteiger partial charge is 0.508 e. The number of nitrogens with two attached hydrogens (primary N) is 1. The number of rotatable bonds is 5. The van der Waals surface area contributed by atoms with Crippen LogP contribution in [-0.4, -0.2) is 11.7 Å². The summed E-state index contributed by atoms with van der Waals surface area (Å²) in [6, 6.07) is 15.4. The Balaban J connectivity index is 1.78. The van der Waals surface area contributed by atoms with Crippen molar-refractivity contribution in [2.45, 2.75) is 26.3 Å². The van der Waals surface area contributed by atoms with Gasteiger partial charge in [0.25, 0.3) is 0 Å². The van der Waals surface area contributed by atoms with Crippen LogP contribution in [-0.2, 0) is 6.54 Å². The Morgan fingerprint density at radius 2 is 1.92 bits per heavy atom. The molecule has 4 heteroatoms. The number of phenolic OH excluding ortho intramolecular Hbond substituents is 1. The summed E-state index contributed by atoms with van der Waals surface area (Å²) in [5.74, 6) is 0.577. The molecule has 0 unspecified atom stereocenters. The molecule has 3 N–H and O–H groups in total. The molecule has 0 aliphatic rings. The minimum absolute atomic E-state index is 0.143. The lowest BCUT2D eigenvalue weighted by atomic mass is 10.0. The Kier molecular flexibility index (Phi) is 4.67. The molecule has 0 aliphatic carbocycles. The van der Waals surface area contributed by atoms with Gasteiger partial charge < -0.3 is 14.8 Å². The fourth-order valence-electron chi connectivity index (χ4n) is 2.99.